The van der Waals surface area contributed by atoms with Crippen molar-refractivity contribution in [3.8, 4) is 0 Å². The van der Waals surface area contributed by atoms with Crippen molar-refractivity contribution in [3.63, 3.8) is 0 Å². The van der Waals surface area contributed by atoms with Crippen LogP contribution in [0.3, 0.4) is 0 Å². The summed E-state index contributed by atoms with van der Waals surface area (Å²) < 4.78 is 12.8. The molecule has 0 radical (unpaired) electrons. The van der Waals surface area contributed by atoms with E-state index >= 15 is 0 Å². The summed E-state index contributed by atoms with van der Waals surface area (Å²) in [7, 11) is 1.75. The van der Waals surface area contributed by atoms with Gasteiger partial charge in [-0.05, 0) is 46.5 Å². The zero-order valence-electron chi connectivity index (χ0n) is 11.8. The summed E-state index contributed by atoms with van der Waals surface area (Å²) in [5.74, 6) is 0.577. The Balaban J connectivity index is 0.00000220. The lowest BCUT2D eigenvalue weighted by Gasteiger charge is -2.11. The Hall–Kier alpha value is -1.15. The van der Waals surface area contributed by atoms with Crippen LogP contribution < -0.4 is 10.6 Å². The highest BCUT2D eigenvalue weighted by molar-refractivity contribution is 14.0. The van der Waals surface area contributed by atoms with Gasteiger partial charge in [0.2, 0.25) is 0 Å². The van der Waals surface area contributed by atoms with Gasteiger partial charge in [-0.15, -0.1) is 24.0 Å². The molecule has 114 valence electrons. The number of halogens is 2. The number of rotatable bonds is 5. The summed E-state index contributed by atoms with van der Waals surface area (Å²) in [6.07, 6.45) is 0.833. The Kier molecular flexibility index (Phi) is 8.29. The van der Waals surface area contributed by atoms with Crippen LogP contribution >= 0.6 is 35.3 Å². The van der Waals surface area contributed by atoms with Crippen molar-refractivity contribution >= 4 is 41.3 Å². The lowest BCUT2D eigenvalue weighted by atomic mass is 10.1. The molecule has 0 spiro atoms. The average molecular weight is 419 g/mol. The van der Waals surface area contributed by atoms with Crippen LogP contribution in [-0.2, 0) is 13.0 Å². The first kappa shape index (κ1) is 17.9. The molecule has 1 aromatic carbocycles. The van der Waals surface area contributed by atoms with Gasteiger partial charge in [0.1, 0.15) is 5.82 Å². The van der Waals surface area contributed by atoms with Gasteiger partial charge in [-0.2, -0.15) is 11.3 Å². The Labute approximate surface area is 145 Å². The van der Waals surface area contributed by atoms with E-state index in [1.807, 2.05) is 0 Å². The molecule has 2 N–H and O–H groups in total. The molecular weight excluding hydrogens is 400 g/mol. The van der Waals surface area contributed by atoms with Gasteiger partial charge in [-0.3, -0.25) is 4.99 Å². The van der Waals surface area contributed by atoms with E-state index in [1.165, 1.54) is 17.7 Å². The summed E-state index contributed by atoms with van der Waals surface area (Å²) >= 11 is 1.68. The summed E-state index contributed by atoms with van der Waals surface area (Å²) in [5, 5.41) is 10.7. The van der Waals surface area contributed by atoms with Gasteiger partial charge in [0.15, 0.2) is 5.96 Å². The molecule has 21 heavy (non-hydrogen) atoms. The van der Waals surface area contributed by atoms with Crippen LogP contribution in [-0.4, -0.2) is 19.6 Å². The van der Waals surface area contributed by atoms with Crippen LogP contribution in [0.25, 0.3) is 0 Å². The van der Waals surface area contributed by atoms with E-state index in [0.29, 0.717) is 0 Å². The van der Waals surface area contributed by atoms with Gasteiger partial charge in [0.05, 0.1) is 0 Å². The summed E-state index contributed by atoms with van der Waals surface area (Å²) in [5.41, 5.74) is 2.35. The van der Waals surface area contributed by atoms with E-state index in [2.05, 4.69) is 32.5 Å². The Morgan fingerprint density at radius 1 is 1.14 bits per heavy atom. The van der Waals surface area contributed by atoms with Crippen molar-refractivity contribution in [2.24, 2.45) is 4.99 Å². The quantitative estimate of drug-likeness (QED) is 0.443. The zero-order chi connectivity index (χ0) is 14.2. The second-order valence-corrected chi connectivity index (χ2v) is 5.14. The number of aliphatic imine (C=N–C) groups is 1. The van der Waals surface area contributed by atoms with Crippen molar-refractivity contribution in [2.45, 2.75) is 13.0 Å². The molecule has 1 heterocycles. The Morgan fingerprint density at radius 2 is 1.90 bits per heavy atom. The lowest BCUT2D eigenvalue weighted by molar-refractivity contribution is 0.626. The number of guanidine groups is 1. The van der Waals surface area contributed by atoms with E-state index in [1.54, 1.807) is 30.5 Å². The minimum absolute atomic E-state index is 0. The van der Waals surface area contributed by atoms with E-state index in [-0.39, 0.29) is 29.8 Å². The van der Waals surface area contributed by atoms with Crippen LogP contribution in [0.15, 0.2) is 46.1 Å². The van der Waals surface area contributed by atoms with Crippen LogP contribution in [0.5, 0.6) is 0 Å². The number of thiophene rings is 1. The molecule has 2 rings (SSSR count). The van der Waals surface area contributed by atoms with Crippen molar-refractivity contribution in [1.82, 2.24) is 10.6 Å². The molecule has 0 saturated carbocycles. The number of hydrogen-bond acceptors (Lipinski definition) is 2. The Bertz CT molecular complexity index is 541. The highest BCUT2D eigenvalue weighted by Gasteiger charge is 1.99. The summed E-state index contributed by atoms with van der Waals surface area (Å²) in [6.45, 7) is 1.52. The minimum atomic E-state index is -0.199. The zero-order valence-corrected chi connectivity index (χ0v) is 15.0. The van der Waals surface area contributed by atoms with E-state index in [9.17, 15) is 4.39 Å². The minimum Gasteiger partial charge on any atom is -0.356 e. The van der Waals surface area contributed by atoms with Crippen molar-refractivity contribution in [2.75, 3.05) is 13.6 Å². The highest BCUT2D eigenvalue weighted by atomic mass is 127. The third kappa shape index (κ3) is 6.43. The van der Waals surface area contributed by atoms with Gasteiger partial charge in [0.25, 0.3) is 0 Å². The number of nitrogens with one attached hydrogen (secondary N) is 2. The maximum Gasteiger partial charge on any atom is 0.191 e. The summed E-state index contributed by atoms with van der Waals surface area (Å²) in [4.78, 5) is 4.17. The Morgan fingerprint density at radius 3 is 2.52 bits per heavy atom. The maximum absolute atomic E-state index is 12.8. The second-order valence-electron chi connectivity index (χ2n) is 4.36. The lowest BCUT2D eigenvalue weighted by Crippen LogP contribution is -2.37. The third-order valence-electron chi connectivity index (χ3n) is 2.88. The fourth-order valence-electron chi connectivity index (χ4n) is 1.78. The standard InChI is InChI=1S/C15H18FN3S.HI/c1-17-15(19-10-13-7-9-20-11-13)18-8-6-12-2-4-14(16)5-3-12;/h2-5,7,9,11H,6,8,10H2,1H3,(H2,17,18,19);1H. The van der Waals surface area contributed by atoms with E-state index < -0.39 is 0 Å². The topological polar surface area (TPSA) is 36.4 Å². The molecule has 3 nitrogen and oxygen atoms in total. The van der Waals surface area contributed by atoms with Gasteiger partial charge in [0, 0.05) is 20.1 Å². The predicted molar refractivity (Wildman–Crippen MR) is 98.0 cm³/mol. The van der Waals surface area contributed by atoms with Crippen molar-refractivity contribution in [1.29, 1.82) is 0 Å². The van der Waals surface area contributed by atoms with Crippen LogP contribution in [0, 0.1) is 5.82 Å². The smallest absolute Gasteiger partial charge is 0.191 e. The summed E-state index contributed by atoms with van der Waals surface area (Å²) in [6, 6.07) is 8.67. The first-order valence-electron chi connectivity index (χ1n) is 6.48. The molecule has 0 unspecified atom stereocenters. The number of hydrogen-bond donors (Lipinski definition) is 2. The number of nitrogens with zero attached hydrogens (tertiary/aromatic N) is 1. The first-order valence-corrected chi connectivity index (χ1v) is 7.42. The molecule has 0 aliphatic carbocycles. The van der Waals surface area contributed by atoms with E-state index in [4.69, 9.17) is 0 Å². The first-order chi connectivity index (χ1) is 9.78. The van der Waals surface area contributed by atoms with E-state index in [0.717, 1.165) is 31.0 Å². The fraction of sp³-hybridized carbons (Fsp3) is 0.267. The number of benzene rings is 1. The molecule has 0 aliphatic rings. The largest absolute Gasteiger partial charge is 0.356 e. The van der Waals surface area contributed by atoms with Gasteiger partial charge in [-0.25, -0.2) is 4.39 Å². The molecular formula is C15H19FIN3S. The molecule has 0 amide bonds. The molecule has 2 aromatic rings. The molecule has 0 atom stereocenters. The van der Waals surface area contributed by atoms with Crippen molar-refractivity contribution < 1.29 is 4.39 Å². The van der Waals surface area contributed by atoms with Crippen molar-refractivity contribution in [3.05, 3.63) is 58.0 Å². The predicted octanol–water partition coefficient (Wildman–Crippen LogP) is 3.41. The van der Waals surface area contributed by atoms with Gasteiger partial charge < -0.3 is 10.6 Å². The van der Waals surface area contributed by atoms with Crippen LogP contribution in [0.2, 0.25) is 0 Å². The molecule has 0 bridgehead atoms. The van der Waals surface area contributed by atoms with Gasteiger partial charge in [-0.1, -0.05) is 12.1 Å². The highest BCUT2D eigenvalue weighted by Crippen LogP contribution is 2.05. The van der Waals surface area contributed by atoms with Crippen LogP contribution in [0.1, 0.15) is 11.1 Å². The SMILES string of the molecule is CN=C(NCCc1ccc(F)cc1)NCc1ccsc1.I. The average Bonchev–Trinajstić information content (AvgIpc) is 2.98. The molecule has 0 saturated heterocycles. The molecule has 0 fully saturated rings. The third-order valence-corrected chi connectivity index (χ3v) is 3.62. The second kappa shape index (κ2) is 9.73. The molecule has 0 aliphatic heterocycles. The normalized spacial score (nSPS) is 10.9. The maximum atomic E-state index is 12.8. The molecule has 1 aromatic heterocycles. The monoisotopic (exact) mass is 419 g/mol. The fourth-order valence-corrected chi connectivity index (χ4v) is 2.44. The van der Waals surface area contributed by atoms with Crippen LogP contribution in [0.4, 0.5) is 4.39 Å². The van der Waals surface area contributed by atoms with Gasteiger partial charge >= 0.3 is 0 Å². The molecule has 6 heteroatoms.